The van der Waals surface area contributed by atoms with Crippen LogP contribution in [0.3, 0.4) is 0 Å². The van der Waals surface area contributed by atoms with Crippen LogP contribution in [-0.4, -0.2) is 35.0 Å². The SMILES string of the molecule is C/C(=C\C(=O)N1CCC(C(=O)O)C1)c1cccc(Cl)c1. The van der Waals surface area contributed by atoms with Gasteiger partial charge in [-0.3, -0.25) is 9.59 Å². The summed E-state index contributed by atoms with van der Waals surface area (Å²) in [5.74, 6) is -1.43. The molecule has 1 aliphatic rings. The Bertz CT molecular complexity index is 568. The third kappa shape index (κ3) is 3.39. The molecule has 0 spiro atoms. The quantitative estimate of drug-likeness (QED) is 0.872. The predicted octanol–water partition coefficient (Wildman–Crippen LogP) is 2.68. The smallest absolute Gasteiger partial charge is 0.308 e. The summed E-state index contributed by atoms with van der Waals surface area (Å²) < 4.78 is 0. The minimum Gasteiger partial charge on any atom is -0.481 e. The van der Waals surface area contributed by atoms with Gasteiger partial charge in [0.2, 0.25) is 5.91 Å². The monoisotopic (exact) mass is 293 g/mol. The Kier molecular flexibility index (Phi) is 4.45. The molecular formula is C15H16ClNO3. The zero-order valence-corrected chi connectivity index (χ0v) is 11.9. The van der Waals surface area contributed by atoms with Crippen LogP contribution >= 0.6 is 11.6 Å². The molecule has 106 valence electrons. The maximum Gasteiger partial charge on any atom is 0.308 e. The topological polar surface area (TPSA) is 57.6 Å². The number of hydrogen-bond donors (Lipinski definition) is 1. The first-order valence-electron chi connectivity index (χ1n) is 6.43. The van der Waals surface area contributed by atoms with Crippen LogP contribution in [0.15, 0.2) is 30.3 Å². The summed E-state index contributed by atoms with van der Waals surface area (Å²) >= 11 is 5.92. The Labute approximate surface area is 122 Å². The third-order valence-corrected chi connectivity index (χ3v) is 3.70. The van der Waals surface area contributed by atoms with Gasteiger partial charge in [-0.2, -0.15) is 0 Å². The first-order chi connectivity index (χ1) is 9.47. The van der Waals surface area contributed by atoms with Crippen LogP contribution in [0.5, 0.6) is 0 Å². The van der Waals surface area contributed by atoms with E-state index in [0.717, 1.165) is 11.1 Å². The van der Waals surface area contributed by atoms with Crippen molar-refractivity contribution in [1.29, 1.82) is 0 Å². The van der Waals surface area contributed by atoms with E-state index < -0.39 is 11.9 Å². The Morgan fingerprint density at radius 2 is 2.20 bits per heavy atom. The lowest BCUT2D eigenvalue weighted by atomic mass is 10.1. The molecule has 1 N–H and O–H groups in total. The lowest BCUT2D eigenvalue weighted by Crippen LogP contribution is -2.28. The number of carboxylic acid groups (broad SMARTS) is 1. The Balaban J connectivity index is 2.07. The minimum absolute atomic E-state index is 0.147. The number of carbonyl (C=O) groups excluding carboxylic acids is 1. The van der Waals surface area contributed by atoms with E-state index in [1.54, 1.807) is 17.0 Å². The highest BCUT2D eigenvalue weighted by Gasteiger charge is 2.29. The molecule has 1 saturated heterocycles. The summed E-state index contributed by atoms with van der Waals surface area (Å²) in [4.78, 5) is 24.6. The lowest BCUT2D eigenvalue weighted by molar-refractivity contribution is -0.141. The predicted molar refractivity (Wildman–Crippen MR) is 77.4 cm³/mol. The second-order valence-corrected chi connectivity index (χ2v) is 5.38. The van der Waals surface area contributed by atoms with Crippen molar-refractivity contribution in [3.05, 3.63) is 40.9 Å². The molecule has 1 aromatic rings. The van der Waals surface area contributed by atoms with Crippen molar-refractivity contribution in [2.45, 2.75) is 13.3 Å². The van der Waals surface area contributed by atoms with Gasteiger partial charge in [0.25, 0.3) is 0 Å². The number of likely N-dealkylation sites (tertiary alicyclic amines) is 1. The first kappa shape index (κ1) is 14.6. The Hall–Kier alpha value is -1.81. The van der Waals surface area contributed by atoms with E-state index in [9.17, 15) is 9.59 Å². The van der Waals surface area contributed by atoms with Gasteiger partial charge in [-0.05, 0) is 36.6 Å². The molecule has 0 saturated carbocycles. The molecular weight excluding hydrogens is 278 g/mol. The second kappa shape index (κ2) is 6.09. The van der Waals surface area contributed by atoms with Gasteiger partial charge >= 0.3 is 5.97 Å². The highest BCUT2D eigenvalue weighted by Crippen LogP contribution is 2.21. The molecule has 0 radical (unpaired) electrons. The van der Waals surface area contributed by atoms with Gasteiger partial charge in [-0.25, -0.2) is 0 Å². The summed E-state index contributed by atoms with van der Waals surface area (Å²) in [7, 11) is 0. The zero-order chi connectivity index (χ0) is 14.7. The van der Waals surface area contributed by atoms with Crippen molar-refractivity contribution >= 4 is 29.1 Å². The fourth-order valence-corrected chi connectivity index (χ4v) is 2.45. The Morgan fingerprint density at radius 1 is 1.45 bits per heavy atom. The minimum atomic E-state index is -0.837. The molecule has 1 aromatic carbocycles. The van der Waals surface area contributed by atoms with Crippen molar-refractivity contribution in [3.8, 4) is 0 Å². The molecule has 4 nitrogen and oxygen atoms in total. The van der Waals surface area contributed by atoms with Gasteiger partial charge in [0.15, 0.2) is 0 Å². The van der Waals surface area contributed by atoms with Gasteiger partial charge in [0.1, 0.15) is 0 Å². The Morgan fingerprint density at radius 3 is 2.80 bits per heavy atom. The van der Waals surface area contributed by atoms with Crippen LogP contribution in [0, 0.1) is 5.92 Å². The summed E-state index contributed by atoms with van der Waals surface area (Å²) in [5.41, 5.74) is 1.70. The van der Waals surface area contributed by atoms with Gasteiger partial charge in [-0.1, -0.05) is 23.7 Å². The van der Waals surface area contributed by atoms with Crippen LogP contribution in [-0.2, 0) is 9.59 Å². The molecule has 0 aliphatic carbocycles. The molecule has 1 unspecified atom stereocenters. The highest BCUT2D eigenvalue weighted by molar-refractivity contribution is 6.30. The maximum atomic E-state index is 12.1. The van der Waals surface area contributed by atoms with Crippen LogP contribution < -0.4 is 0 Å². The van der Waals surface area contributed by atoms with Crippen LogP contribution in [0.4, 0.5) is 0 Å². The molecule has 1 fully saturated rings. The molecule has 1 heterocycles. The van der Waals surface area contributed by atoms with Crippen molar-refractivity contribution in [2.75, 3.05) is 13.1 Å². The summed E-state index contributed by atoms with van der Waals surface area (Å²) in [5, 5.41) is 9.56. The number of rotatable bonds is 3. The van der Waals surface area contributed by atoms with Gasteiger partial charge in [0, 0.05) is 24.2 Å². The summed E-state index contributed by atoms with van der Waals surface area (Å²) in [6.07, 6.45) is 2.06. The number of aliphatic carboxylic acids is 1. The molecule has 5 heteroatoms. The summed E-state index contributed by atoms with van der Waals surface area (Å²) in [6, 6.07) is 7.29. The van der Waals surface area contributed by atoms with E-state index in [0.29, 0.717) is 18.0 Å². The van der Waals surface area contributed by atoms with Crippen molar-refractivity contribution in [3.63, 3.8) is 0 Å². The fraction of sp³-hybridized carbons (Fsp3) is 0.333. The number of nitrogens with zero attached hydrogens (tertiary/aromatic N) is 1. The van der Waals surface area contributed by atoms with Crippen LogP contribution in [0.25, 0.3) is 5.57 Å². The van der Waals surface area contributed by atoms with Crippen LogP contribution in [0.1, 0.15) is 18.9 Å². The first-order valence-corrected chi connectivity index (χ1v) is 6.81. The van der Waals surface area contributed by atoms with Gasteiger partial charge < -0.3 is 10.0 Å². The van der Waals surface area contributed by atoms with E-state index in [2.05, 4.69) is 0 Å². The highest BCUT2D eigenvalue weighted by atomic mass is 35.5. The fourth-order valence-electron chi connectivity index (χ4n) is 2.26. The van der Waals surface area contributed by atoms with E-state index in [4.69, 9.17) is 16.7 Å². The number of amides is 1. The number of hydrogen-bond acceptors (Lipinski definition) is 2. The zero-order valence-electron chi connectivity index (χ0n) is 11.2. The number of benzene rings is 1. The van der Waals surface area contributed by atoms with Crippen LogP contribution in [0.2, 0.25) is 5.02 Å². The lowest BCUT2D eigenvalue weighted by Gasteiger charge is -2.14. The van der Waals surface area contributed by atoms with E-state index >= 15 is 0 Å². The molecule has 0 aromatic heterocycles. The maximum absolute atomic E-state index is 12.1. The molecule has 1 atom stereocenters. The van der Waals surface area contributed by atoms with Crippen molar-refractivity contribution < 1.29 is 14.7 Å². The molecule has 1 amide bonds. The number of allylic oxidation sites excluding steroid dienone is 1. The number of halogens is 1. The van der Waals surface area contributed by atoms with E-state index in [-0.39, 0.29) is 12.5 Å². The van der Waals surface area contributed by atoms with Crippen molar-refractivity contribution in [2.24, 2.45) is 5.92 Å². The second-order valence-electron chi connectivity index (χ2n) is 4.95. The molecule has 0 bridgehead atoms. The summed E-state index contributed by atoms with van der Waals surface area (Å²) in [6.45, 7) is 2.62. The number of carboxylic acids is 1. The standard InChI is InChI=1S/C15H16ClNO3/c1-10(11-3-2-4-13(16)8-11)7-14(18)17-6-5-12(9-17)15(19)20/h2-4,7-8,12H,5-6,9H2,1H3,(H,19,20)/b10-7+. The average Bonchev–Trinajstić information content (AvgIpc) is 2.88. The third-order valence-electron chi connectivity index (χ3n) is 3.47. The van der Waals surface area contributed by atoms with E-state index in [1.807, 2.05) is 19.1 Å². The van der Waals surface area contributed by atoms with Crippen molar-refractivity contribution in [1.82, 2.24) is 4.90 Å². The normalized spacial score (nSPS) is 19.2. The molecule has 1 aliphatic heterocycles. The van der Waals surface area contributed by atoms with E-state index in [1.165, 1.54) is 6.08 Å². The average molecular weight is 294 g/mol. The number of carbonyl (C=O) groups is 2. The van der Waals surface area contributed by atoms with Gasteiger partial charge in [-0.15, -0.1) is 0 Å². The van der Waals surface area contributed by atoms with Gasteiger partial charge in [0.05, 0.1) is 5.92 Å². The molecule has 2 rings (SSSR count). The molecule has 20 heavy (non-hydrogen) atoms. The largest absolute Gasteiger partial charge is 0.481 e.